The van der Waals surface area contributed by atoms with Gasteiger partial charge in [0.15, 0.2) is 18.1 Å². The van der Waals surface area contributed by atoms with Crippen LogP contribution in [0.1, 0.15) is 28.1 Å². The van der Waals surface area contributed by atoms with Crippen LogP contribution in [-0.4, -0.2) is 42.7 Å². The second-order valence-corrected chi connectivity index (χ2v) is 7.82. The first-order valence-electron chi connectivity index (χ1n) is 10.8. The van der Waals surface area contributed by atoms with Crippen molar-refractivity contribution in [3.8, 4) is 11.5 Å². The highest BCUT2D eigenvalue weighted by Gasteiger charge is 2.13. The fourth-order valence-electron chi connectivity index (χ4n) is 3.22. The van der Waals surface area contributed by atoms with Crippen molar-refractivity contribution in [2.45, 2.75) is 27.0 Å². The van der Waals surface area contributed by atoms with E-state index in [0.717, 1.165) is 11.3 Å². The van der Waals surface area contributed by atoms with Gasteiger partial charge in [0.05, 0.1) is 18.4 Å². The van der Waals surface area contributed by atoms with Crippen LogP contribution in [0.5, 0.6) is 11.5 Å². The molecule has 0 fully saturated rings. The molecule has 35 heavy (non-hydrogen) atoms. The first-order valence-corrected chi connectivity index (χ1v) is 10.8. The molecule has 184 valence electrons. The van der Waals surface area contributed by atoms with Gasteiger partial charge in [-0.05, 0) is 55.3 Å². The van der Waals surface area contributed by atoms with Gasteiger partial charge in [-0.25, -0.2) is 9.18 Å². The summed E-state index contributed by atoms with van der Waals surface area (Å²) in [4.78, 5) is 25.6. The summed E-state index contributed by atoms with van der Waals surface area (Å²) < 4.78 is 34.7. The van der Waals surface area contributed by atoms with Crippen molar-refractivity contribution in [1.82, 2.24) is 10.1 Å². The minimum atomic E-state index is -0.671. The predicted octanol–water partition coefficient (Wildman–Crippen LogP) is 4.23. The Hall–Kier alpha value is -4.14. The van der Waals surface area contributed by atoms with Gasteiger partial charge in [-0.2, -0.15) is 0 Å². The van der Waals surface area contributed by atoms with Crippen molar-refractivity contribution in [1.29, 1.82) is 0 Å². The van der Waals surface area contributed by atoms with Crippen molar-refractivity contribution >= 4 is 18.0 Å². The number of ether oxygens (including phenoxy) is 3. The van der Waals surface area contributed by atoms with Crippen molar-refractivity contribution in [2.75, 3.05) is 20.8 Å². The molecule has 0 bridgehead atoms. The Kier molecular flexibility index (Phi) is 8.61. The van der Waals surface area contributed by atoms with E-state index in [-0.39, 0.29) is 19.0 Å². The molecular weight excluding hydrogens is 455 g/mol. The number of nitrogens with zero attached hydrogens (tertiary/aromatic N) is 2. The summed E-state index contributed by atoms with van der Waals surface area (Å²) in [5, 5.41) is 3.91. The highest BCUT2D eigenvalue weighted by atomic mass is 19.1. The largest absolute Gasteiger partial charge is 0.493 e. The Morgan fingerprint density at radius 3 is 2.63 bits per heavy atom. The molecule has 0 aliphatic rings. The van der Waals surface area contributed by atoms with Crippen molar-refractivity contribution < 1.29 is 32.7 Å². The average Bonchev–Trinajstić information content (AvgIpc) is 3.16. The number of hydrogen-bond donors (Lipinski definition) is 0. The number of aromatic nitrogens is 1. The smallest absolute Gasteiger partial charge is 0.331 e. The van der Waals surface area contributed by atoms with Crippen LogP contribution < -0.4 is 9.47 Å². The third kappa shape index (κ3) is 7.17. The second-order valence-electron chi connectivity index (χ2n) is 7.82. The molecule has 0 N–H and O–H groups in total. The number of methoxy groups -OCH3 is 1. The summed E-state index contributed by atoms with van der Waals surface area (Å²) in [5.74, 6) is 0.253. The van der Waals surface area contributed by atoms with Crippen LogP contribution in [0.25, 0.3) is 6.08 Å². The van der Waals surface area contributed by atoms with E-state index in [1.807, 2.05) is 13.8 Å². The highest BCUT2D eigenvalue weighted by Crippen LogP contribution is 2.30. The summed E-state index contributed by atoms with van der Waals surface area (Å²) in [7, 11) is 3.07. The topological polar surface area (TPSA) is 91.1 Å². The van der Waals surface area contributed by atoms with Crippen molar-refractivity contribution in [3.63, 3.8) is 0 Å². The maximum atomic E-state index is 13.3. The first-order chi connectivity index (χ1) is 16.8. The summed E-state index contributed by atoms with van der Waals surface area (Å²) in [6.07, 6.45) is 2.77. The van der Waals surface area contributed by atoms with Crippen LogP contribution >= 0.6 is 0 Å². The zero-order valence-corrected chi connectivity index (χ0v) is 20.0. The van der Waals surface area contributed by atoms with E-state index in [0.29, 0.717) is 28.4 Å². The van der Waals surface area contributed by atoms with Crippen LogP contribution in [0.3, 0.4) is 0 Å². The molecule has 0 aliphatic carbocycles. The van der Waals surface area contributed by atoms with E-state index in [9.17, 15) is 14.0 Å². The normalized spacial score (nSPS) is 10.9. The lowest BCUT2D eigenvalue weighted by Crippen LogP contribution is -2.30. The number of aryl methyl sites for hydroxylation is 2. The van der Waals surface area contributed by atoms with E-state index >= 15 is 0 Å². The Morgan fingerprint density at radius 2 is 1.94 bits per heavy atom. The van der Waals surface area contributed by atoms with Gasteiger partial charge in [0.2, 0.25) is 0 Å². The van der Waals surface area contributed by atoms with Crippen LogP contribution in [0.15, 0.2) is 53.1 Å². The quantitative estimate of drug-likeness (QED) is 0.315. The lowest BCUT2D eigenvalue weighted by Gasteiger charge is -2.17. The van der Waals surface area contributed by atoms with Crippen LogP contribution in [0.4, 0.5) is 4.39 Å². The Bertz CT molecular complexity index is 1200. The Labute approximate surface area is 202 Å². The van der Waals surface area contributed by atoms with Crippen LogP contribution in [0.2, 0.25) is 0 Å². The molecule has 8 nitrogen and oxygen atoms in total. The lowest BCUT2D eigenvalue weighted by atomic mass is 10.2. The molecule has 1 aromatic heterocycles. The average molecular weight is 483 g/mol. The number of esters is 1. The number of halogens is 1. The fourth-order valence-corrected chi connectivity index (χ4v) is 3.22. The van der Waals surface area contributed by atoms with Gasteiger partial charge in [-0.3, -0.25) is 4.79 Å². The molecule has 0 unspecified atom stereocenters. The SMILES string of the molecule is COc1cc(/C=C/C(=O)OCC(=O)N(C)Cc2cccc(F)c2)ccc1OCc1c(C)noc1C. The monoisotopic (exact) mass is 482 g/mol. The lowest BCUT2D eigenvalue weighted by molar-refractivity contribution is -0.147. The number of benzene rings is 2. The Morgan fingerprint density at radius 1 is 1.14 bits per heavy atom. The van der Waals surface area contributed by atoms with Crippen molar-refractivity contribution in [3.05, 3.63) is 82.5 Å². The zero-order chi connectivity index (χ0) is 25.4. The number of amides is 1. The summed E-state index contributed by atoms with van der Waals surface area (Å²) in [5.41, 5.74) is 2.95. The van der Waals surface area contributed by atoms with E-state index in [2.05, 4.69) is 5.16 Å². The summed E-state index contributed by atoms with van der Waals surface area (Å²) in [6, 6.07) is 11.2. The Balaban J connectivity index is 1.52. The van der Waals surface area contributed by atoms with Gasteiger partial charge in [-0.15, -0.1) is 0 Å². The number of likely N-dealkylation sites (N-methyl/N-ethyl adjacent to an activating group) is 1. The standard InChI is InChI=1S/C26H27FN2O6/c1-17-22(18(2)35-28-17)15-33-23-10-8-19(13-24(23)32-4)9-11-26(31)34-16-25(30)29(3)14-20-6-5-7-21(27)12-20/h5-13H,14-16H2,1-4H3/b11-9+. The molecule has 1 amide bonds. The van der Waals surface area contributed by atoms with Crippen molar-refractivity contribution in [2.24, 2.45) is 0 Å². The molecule has 0 saturated carbocycles. The van der Waals surface area contributed by atoms with E-state index in [1.165, 1.54) is 30.2 Å². The van der Waals surface area contributed by atoms with Crippen LogP contribution in [-0.2, 0) is 27.5 Å². The second kappa shape index (κ2) is 11.8. The number of hydrogen-bond acceptors (Lipinski definition) is 7. The minimum Gasteiger partial charge on any atom is -0.493 e. The van der Waals surface area contributed by atoms with Gasteiger partial charge >= 0.3 is 5.97 Å². The molecule has 1 heterocycles. The first kappa shape index (κ1) is 25.5. The molecule has 0 radical (unpaired) electrons. The van der Waals surface area contributed by atoms with Gasteiger partial charge in [0.1, 0.15) is 18.2 Å². The molecule has 0 aliphatic heterocycles. The molecule has 3 rings (SSSR count). The molecule has 2 aromatic carbocycles. The summed E-state index contributed by atoms with van der Waals surface area (Å²) in [6.45, 7) is 3.72. The molecule has 9 heteroatoms. The van der Waals surface area contributed by atoms with Gasteiger partial charge in [-0.1, -0.05) is 23.4 Å². The minimum absolute atomic E-state index is 0.203. The third-order valence-electron chi connectivity index (χ3n) is 5.23. The van der Waals surface area contributed by atoms with Gasteiger partial charge in [0.25, 0.3) is 5.91 Å². The predicted molar refractivity (Wildman–Crippen MR) is 126 cm³/mol. The number of rotatable bonds is 10. The molecule has 0 spiro atoms. The number of carbonyl (C=O) groups excluding carboxylic acids is 2. The maximum Gasteiger partial charge on any atom is 0.331 e. The molecular formula is C26H27FN2O6. The van der Waals surface area contributed by atoms with E-state index in [4.69, 9.17) is 18.7 Å². The molecule has 3 aromatic rings. The van der Waals surface area contributed by atoms with Gasteiger partial charge < -0.3 is 23.6 Å². The molecule has 0 saturated heterocycles. The highest BCUT2D eigenvalue weighted by molar-refractivity contribution is 5.89. The van der Waals surface area contributed by atoms with Gasteiger partial charge in [0, 0.05) is 19.7 Å². The number of carbonyl (C=O) groups is 2. The van der Waals surface area contributed by atoms with E-state index < -0.39 is 18.5 Å². The zero-order valence-electron chi connectivity index (χ0n) is 20.0. The third-order valence-corrected chi connectivity index (χ3v) is 5.23. The fraction of sp³-hybridized carbons (Fsp3) is 0.269. The van der Waals surface area contributed by atoms with Crippen LogP contribution in [0, 0.1) is 19.7 Å². The maximum absolute atomic E-state index is 13.3. The molecule has 0 atom stereocenters. The van der Waals surface area contributed by atoms with E-state index in [1.54, 1.807) is 43.5 Å². The summed E-state index contributed by atoms with van der Waals surface area (Å²) >= 11 is 0.